The lowest BCUT2D eigenvalue weighted by Crippen LogP contribution is -2.26. The number of primary sulfonamides is 1. The van der Waals surface area contributed by atoms with Crippen molar-refractivity contribution >= 4 is 20.9 Å². The maximum atomic E-state index is 11.1. The maximum absolute atomic E-state index is 11.1. The van der Waals surface area contributed by atoms with Gasteiger partial charge in [0.2, 0.25) is 10.0 Å². The summed E-state index contributed by atoms with van der Waals surface area (Å²) >= 11 is 0. The van der Waals surface area contributed by atoms with Crippen molar-refractivity contribution in [3.05, 3.63) is 35.5 Å². The van der Waals surface area contributed by atoms with E-state index in [4.69, 9.17) is 5.14 Å². The minimum atomic E-state index is -3.41. The SMILES string of the molecule is CN1CCCC1Cc1c[nH]c2ccc(CCS(N)(=O)=O)cc12. The summed E-state index contributed by atoms with van der Waals surface area (Å²) < 4.78 is 22.2. The van der Waals surface area contributed by atoms with Gasteiger partial charge in [0.05, 0.1) is 5.75 Å². The van der Waals surface area contributed by atoms with E-state index in [1.165, 1.54) is 30.3 Å². The zero-order chi connectivity index (χ0) is 15.7. The predicted molar refractivity (Wildman–Crippen MR) is 89.3 cm³/mol. The summed E-state index contributed by atoms with van der Waals surface area (Å²) in [5.74, 6) is -0.0103. The highest BCUT2D eigenvalue weighted by Gasteiger charge is 2.22. The summed E-state index contributed by atoms with van der Waals surface area (Å²) in [5.41, 5.74) is 3.43. The molecule has 3 N–H and O–H groups in total. The molecule has 1 aliphatic rings. The number of nitrogens with two attached hydrogens (primary N) is 1. The molecule has 2 aromatic rings. The van der Waals surface area contributed by atoms with Crippen molar-refractivity contribution in [2.24, 2.45) is 5.14 Å². The Kier molecular flexibility index (Phi) is 4.25. The fourth-order valence-electron chi connectivity index (χ4n) is 3.30. The first-order chi connectivity index (χ1) is 10.4. The molecule has 0 radical (unpaired) electrons. The molecular formula is C16H23N3O2S. The Morgan fingerprint density at radius 2 is 2.23 bits per heavy atom. The number of aromatic amines is 1. The summed E-state index contributed by atoms with van der Waals surface area (Å²) in [7, 11) is -1.23. The van der Waals surface area contributed by atoms with E-state index >= 15 is 0 Å². The first-order valence-corrected chi connectivity index (χ1v) is 9.43. The van der Waals surface area contributed by atoms with E-state index in [-0.39, 0.29) is 5.75 Å². The minimum Gasteiger partial charge on any atom is -0.361 e. The van der Waals surface area contributed by atoms with Gasteiger partial charge in [-0.25, -0.2) is 13.6 Å². The zero-order valence-corrected chi connectivity index (χ0v) is 13.7. The molecule has 3 rings (SSSR count). The zero-order valence-electron chi connectivity index (χ0n) is 12.9. The molecule has 0 saturated carbocycles. The third kappa shape index (κ3) is 3.51. The second-order valence-electron chi connectivity index (χ2n) is 6.29. The number of nitrogens with one attached hydrogen (secondary N) is 1. The number of hydrogen-bond donors (Lipinski definition) is 2. The third-order valence-corrected chi connectivity index (χ3v) is 5.41. The number of hydrogen-bond acceptors (Lipinski definition) is 3. The van der Waals surface area contributed by atoms with Gasteiger partial charge in [0.1, 0.15) is 0 Å². The van der Waals surface area contributed by atoms with Crippen molar-refractivity contribution in [3.8, 4) is 0 Å². The Balaban J connectivity index is 1.82. The molecule has 1 fully saturated rings. The van der Waals surface area contributed by atoms with Gasteiger partial charge in [0.15, 0.2) is 0 Å². The van der Waals surface area contributed by atoms with Crippen LogP contribution in [0.2, 0.25) is 0 Å². The van der Waals surface area contributed by atoms with Crippen LogP contribution in [-0.2, 0) is 22.9 Å². The van der Waals surface area contributed by atoms with Crippen molar-refractivity contribution < 1.29 is 8.42 Å². The predicted octanol–water partition coefficient (Wildman–Crippen LogP) is 1.64. The number of likely N-dealkylation sites (N-methyl/N-ethyl adjacent to an activating group) is 1. The second-order valence-corrected chi connectivity index (χ2v) is 8.03. The molecule has 1 aliphatic heterocycles. The number of fused-ring (bicyclic) bond motifs is 1. The van der Waals surface area contributed by atoms with Crippen molar-refractivity contribution in [3.63, 3.8) is 0 Å². The van der Waals surface area contributed by atoms with E-state index in [1.807, 2.05) is 12.1 Å². The number of sulfonamides is 1. The summed E-state index contributed by atoms with van der Waals surface area (Å²) in [6, 6.07) is 6.69. The molecule has 1 aromatic carbocycles. The van der Waals surface area contributed by atoms with Crippen LogP contribution in [0.3, 0.4) is 0 Å². The van der Waals surface area contributed by atoms with E-state index in [1.54, 1.807) is 0 Å². The minimum absolute atomic E-state index is 0.0103. The first kappa shape index (κ1) is 15.5. The maximum Gasteiger partial charge on any atom is 0.209 e. The highest BCUT2D eigenvalue weighted by atomic mass is 32.2. The van der Waals surface area contributed by atoms with Gasteiger partial charge in [-0.05, 0) is 62.5 Å². The molecule has 0 amide bonds. The summed E-state index contributed by atoms with van der Waals surface area (Å²) in [4.78, 5) is 5.74. The van der Waals surface area contributed by atoms with Crippen LogP contribution in [0.4, 0.5) is 0 Å². The fourth-order valence-corrected chi connectivity index (χ4v) is 3.82. The van der Waals surface area contributed by atoms with E-state index < -0.39 is 10.0 Å². The van der Waals surface area contributed by atoms with Crippen LogP contribution < -0.4 is 5.14 Å². The van der Waals surface area contributed by atoms with Crippen molar-refractivity contribution in [1.82, 2.24) is 9.88 Å². The number of likely N-dealkylation sites (tertiary alicyclic amines) is 1. The topological polar surface area (TPSA) is 79.2 Å². The molecule has 0 aliphatic carbocycles. The first-order valence-electron chi connectivity index (χ1n) is 7.72. The van der Waals surface area contributed by atoms with E-state index in [9.17, 15) is 8.42 Å². The van der Waals surface area contributed by atoms with Gasteiger partial charge in [-0.2, -0.15) is 0 Å². The fraction of sp³-hybridized carbons (Fsp3) is 0.500. The highest BCUT2D eigenvalue weighted by Crippen LogP contribution is 2.25. The lowest BCUT2D eigenvalue weighted by molar-refractivity contribution is 0.310. The Hall–Kier alpha value is -1.37. The average molecular weight is 321 g/mol. The Bertz CT molecular complexity index is 767. The van der Waals surface area contributed by atoms with Crippen LogP contribution in [0.5, 0.6) is 0 Å². The molecule has 0 bridgehead atoms. The Morgan fingerprint density at radius 3 is 2.91 bits per heavy atom. The van der Waals surface area contributed by atoms with Crippen LogP contribution >= 0.6 is 0 Å². The molecule has 5 nitrogen and oxygen atoms in total. The number of aryl methyl sites for hydroxylation is 1. The van der Waals surface area contributed by atoms with Crippen molar-refractivity contribution in [1.29, 1.82) is 0 Å². The van der Waals surface area contributed by atoms with E-state index in [0.29, 0.717) is 12.5 Å². The third-order valence-electron chi connectivity index (χ3n) is 4.63. The molecule has 6 heteroatoms. The molecule has 120 valence electrons. The Morgan fingerprint density at radius 1 is 1.41 bits per heavy atom. The Labute approximate surface area is 131 Å². The lowest BCUT2D eigenvalue weighted by atomic mass is 10.0. The largest absolute Gasteiger partial charge is 0.361 e. The standard InChI is InChI=1S/C16H23N3O2S/c1-19-7-2-3-14(19)10-13-11-18-16-5-4-12(9-15(13)16)6-8-22(17,20)21/h4-5,9,11,14,18H,2-3,6-8,10H2,1H3,(H2,17,20,21). The molecule has 22 heavy (non-hydrogen) atoms. The summed E-state index contributed by atoms with van der Waals surface area (Å²) in [5, 5.41) is 6.29. The summed E-state index contributed by atoms with van der Waals surface area (Å²) in [6.07, 6.45) is 6.09. The van der Waals surface area contributed by atoms with Crippen molar-refractivity contribution in [2.45, 2.75) is 31.7 Å². The van der Waals surface area contributed by atoms with Gasteiger partial charge >= 0.3 is 0 Å². The van der Waals surface area contributed by atoms with Gasteiger partial charge in [0.25, 0.3) is 0 Å². The van der Waals surface area contributed by atoms with Gasteiger partial charge in [0, 0.05) is 23.1 Å². The normalized spacial score (nSPS) is 20.0. The number of nitrogens with zero attached hydrogens (tertiary/aromatic N) is 1. The number of H-pyrrole nitrogens is 1. The van der Waals surface area contributed by atoms with Crippen LogP contribution in [-0.4, -0.2) is 43.7 Å². The van der Waals surface area contributed by atoms with Crippen molar-refractivity contribution in [2.75, 3.05) is 19.3 Å². The van der Waals surface area contributed by atoms with Gasteiger partial charge in [-0.1, -0.05) is 6.07 Å². The van der Waals surface area contributed by atoms with Gasteiger partial charge in [-0.3, -0.25) is 0 Å². The number of rotatable bonds is 5. The van der Waals surface area contributed by atoms with Crippen LogP contribution in [0.15, 0.2) is 24.4 Å². The average Bonchev–Trinajstić information content (AvgIpc) is 3.04. The van der Waals surface area contributed by atoms with Gasteiger partial charge < -0.3 is 9.88 Å². The molecular weight excluding hydrogens is 298 g/mol. The summed E-state index contributed by atoms with van der Waals surface area (Å²) in [6.45, 7) is 1.17. The number of benzene rings is 1. The molecule has 2 heterocycles. The van der Waals surface area contributed by atoms with Gasteiger partial charge in [-0.15, -0.1) is 0 Å². The number of aromatic nitrogens is 1. The quantitative estimate of drug-likeness (QED) is 0.878. The molecule has 1 saturated heterocycles. The van der Waals surface area contributed by atoms with Crippen LogP contribution in [0.25, 0.3) is 10.9 Å². The van der Waals surface area contributed by atoms with E-state index in [2.05, 4.69) is 29.2 Å². The lowest BCUT2D eigenvalue weighted by Gasteiger charge is -2.18. The van der Waals surface area contributed by atoms with Crippen LogP contribution in [0, 0.1) is 0 Å². The molecule has 1 atom stereocenters. The molecule has 1 aromatic heterocycles. The second kappa shape index (κ2) is 6.02. The molecule has 1 unspecified atom stereocenters. The monoisotopic (exact) mass is 321 g/mol. The van der Waals surface area contributed by atoms with Crippen LogP contribution in [0.1, 0.15) is 24.0 Å². The highest BCUT2D eigenvalue weighted by molar-refractivity contribution is 7.89. The smallest absolute Gasteiger partial charge is 0.209 e. The molecule has 0 spiro atoms. The van der Waals surface area contributed by atoms with E-state index in [0.717, 1.165) is 17.5 Å².